The number of nitrogens with zero attached hydrogens (tertiary/aromatic N) is 4. The molecular formula is C16H20ClN5O2. The number of ether oxygens (including phenoxy) is 1. The molecule has 128 valence electrons. The van der Waals surface area contributed by atoms with Crippen LogP contribution in [0, 0.1) is 0 Å². The van der Waals surface area contributed by atoms with Crippen molar-refractivity contribution in [1.82, 2.24) is 19.7 Å². The number of hydrogen-bond acceptors (Lipinski definition) is 4. The summed E-state index contributed by atoms with van der Waals surface area (Å²) in [6, 6.07) is 5.36. The molecule has 2 aromatic rings. The van der Waals surface area contributed by atoms with Crippen LogP contribution in [0.3, 0.4) is 0 Å². The maximum Gasteiger partial charge on any atom is 0.321 e. The van der Waals surface area contributed by atoms with E-state index in [0.717, 1.165) is 12.8 Å². The standard InChI is InChI=1S/C16H20ClN5O2/c1-2-24-15-4-3-12(17)9-14(15)20-16(23)21-7-5-13(6-8-21)22-11-18-10-19-22/h3-4,9-11,13H,2,5-8H2,1H3,(H,20,23). The van der Waals surface area contributed by atoms with E-state index < -0.39 is 0 Å². The van der Waals surface area contributed by atoms with Gasteiger partial charge in [-0.1, -0.05) is 11.6 Å². The maximum absolute atomic E-state index is 12.5. The highest BCUT2D eigenvalue weighted by atomic mass is 35.5. The number of carbonyl (C=O) groups is 1. The molecule has 3 rings (SSSR count). The summed E-state index contributed by atoms with van der Waals surface area (Å²) in [5.41, 5.74) is 0.591. The number of aromatic nitrogens is 3. The van der Waals surface area contributed by atoms with Crippen LogP contribution < -0.4 is 10.1 Å². The molecule has 0 radical (unpaired) electrons. The van der Waals surface area contributed by atoms with Crippen molar-refractivity contribution in [2.45, 2.75) is 25.8 Å². The molecule has 1 N–H and O–H groups in total. The Hall–Kier alpha value is -2.28. The molecule has 1 aromatic carbocycles. The maximum atomic E-state index is 12.5. The number of nitrogens with one attached hydrogen (secondary N) is 1. The lowest BCUT2D eigenvalue weighted by Crippen LogP contribution is -2.41. The van der Waals surface area contributed by atoms with Gasteiger partial charge >= 0.3 is 6.03 Å². The van der Waals surface area contributed by atoms with E-state index in [4.69, 9.17) is 16.3 Å². The van der Waals surface area contributed by atoms with Gasteiger partial charge in [0.25, 0.3) is 0 Å². The third kappa shape index (κ3) is 3.79. The predicted octanol–water partition coefficient (Wildman–Crippen LogP) is 3.20. The van der Waals surface area contributed by atoms with Crippen molar-refractivity contribution in [3.05, 3.63) is 35.9 Å². The average Bonchev–Trinajstić information content (AvgIpc) is 3.12. The highest BCUT2D eigenvalue weighted by Crippen LogP contribution is 2.29. The molecule has 24 heavy (non-hydrogen) atoms. The largest absolute Gasteiger partial charge is 0.492 e. The van der Waals surface area contributed by atoms with E-state index in [1.54, 1.807) is 29.4 Å². The Bertz CT molecular complexity index is 684. The zero-order chi connectivity index (χ0) is 16.9. The Kier molecular flexibility index (Phi) is 5.20. The highest BCUT2D eigenvalue weighted by Gasteiger charge is 2.24. The van der Waals surface area contributed by atoms with Gasteiger partial charge in [-0.2, -0.15) is 5.10 Å². The normalized spacial score (nSPS) is 15.3. The first-order chi connectivity index (χ1) is 11.7. The summed E-state index contributed by atoms with van der Waals surface area (Å²) in [7, 11) is 0. The number of carbonyl (C=O) groups excluding carboxylic acids is 1. The van der Waals surface area contributed by atoms with E-state index in [-0.39, 0.29) is 6.03 Å². The van der Waals surface area contributed by atoms with Crippen molar-refractivity contribution in [2.75, 3.05) is 25.0 Å². The average molecular weight is 350 g/mol. The second-order valence-corrected chi connectivity index (χ2v) is 6.03. The minimum Gasteiger partial charge on any atom is -0.492 e. The Balaban J connectivity index is 1.61. The molecule has 0 atom stereocenters. The van der Waals surface area contributed by atoms with Gasteiger partial charge in [-0.25, -0.2) is 14.5 Å². The Morgan fingerprint density at radius 2 is 2.21 bits per heavy atom. The molecular weight excluding hydrogens is 330 g/mol. The first-order valence-corrected chi connectivity index (χ1v) is 8.37. The van der Waals surface area contributed by atoms with Gasteiger partial charge < -0.3 is 15.0 Å². The molecule has 1 aromatic heterocycles. The summed E-state index contributed by atoms with van der Waals surface area (Å²) in [6.45, 7) is 3.75. The minimum absolute atomic E-state index is 0.143. The fourth-order valence-corrected chi connectivity index (χ4v) is 2.99. The lowest BCUT2D eigenvalue weighted by molar-refractivity contribution is 0.180. The van der Waals surface area contributed by atoms with Crippen LogP contribution in [0.5, 0.6) is 5.75 Å². The first kappa shape index (κ1) is 16.6. The van der Waals surface area contributed by atoms with Gasteiger partial charge in [0.05, 0.1) is 18.3 Å². The summed E-state index contributed by atoms with van der Waals surface area (Å²) >= 11 is 6.03. The predicted molar refractivity (Wildman–Crippen MR) is 91.5 cm³/mol. The van der Waals surface area contributed by atoms with Crippen LogP contribution in [0.1, 0.15) is 25.8 Å². The molecule has 1 aliphatic rings. The number of benzene rings is 1. The Morgan fingerprint density at radius 1 is 1.42 bits per heavy atom. The number of halogens is 1. The smallest absolute Gasteiger partial charge is 0.321 e. The van der Waals surface area contributed by atoms with Gasteiger partial charge in [0.1, 0.15) is 18.4 Å². The van der Waals surface area contributed by atoms with Gasteiger partial charge in [0.15, 0.2) is 0 Å². The molecule has 1 fully saturated rings. The number of urea groups is 1. The molecule has 7 nitrogen and oxygen atoms in total. The van der Waals surface area contributed by atoms with E-state index in [1.807, 2.05) is 11.6 Å². The molecule has 0 unspecified atom stereocenters. The van der Waals surface area contributed by atoms with Crippen molar-refractivity contribution in [3.63, 3.8) is 0 Å². The number of piperidine rings is 1. The quantitative estimate of drug-likeness (QED) is 0.920. The SMILES string of the molecule is CCOc1ccc(Cl)cc1NC(=O)N1CCC(n2cncn2)CC1. The lowest BCUT2D eigenvalue weighted by Gasteiger charge is -2.32. The van der Waals surface area contributed by atoms with Gasteiger partial charge in [0, 0.05) is 18.1 Å². The van der Waals surface area contributed by atoms with E-state index in [9.17, 15) is 4.79 Å². The van der Waals surface area contributed by atoms with Crippen LogP contribution in [0.15, 0.2) is 30.9 Å². The van der Waals surface area contributed by atoms with Gasteiger partial charge in [-0.05, 0) is 38.0 Å². The topological polar surface area (TPSA) is 72.3 Å². The van der Waals surface area contributed by atoms with Crippen molar-refractivity contribution in [1.29, 1.82) is 0 Å². The molecule has 0 spiro atoms. The number of hydrogen-bond donors (Lipinski definition) is 1. The molecule has 1 aliphatic heterocycles. The summed E-state index contributed by atoms with van der Waals surface area (Å²) in [4.78, 5) is 18.3. The molecule has 1 saturated heterocycles. The molecule has 2 heterocycles. The van der Waals surface area contributed by atoms with Crippen molar-refractivity contribution < 1.29 is 9.53 Å². The summed E-state index contributed by atoms with van der Waals surface area (Å²) in [5, 5.41) is 7.63. The van der Waals surface area contributed by atoms with Gasteiger partial charge in [-0.3, -0.25) is 0 Å². The number of anilines is 1. The second-order valence-electron chi connectivity index (χ2n) is 5.60. The summed E-state index contributed by atoms with van der Waals surface area (Å²) in [5.74, 6) is 0.618. The van der Waals surface area contributed by atoms with Crippen molar-refractivity contribution in [2.24, 2.45) is 0 Å². The van der Waals surface area contributed by atoms with Crippen LogP contribution >= 0.6 is 11.6 Å². The number of rotatable bonds is 4. The Morgan fingerprint density at radius 3 is 2.88 bits per heavy atom. The lowest BCUT2D eigenvalue weighted by atomic mass is 10.1. The van der Waals surface area contributed by atoms with Crippen molar-refractivity contribution in [3.8, 4) is 5.75 Å². The van der Waals surface area contributed by atoms with E-state index in [0.29, 0.717) is 42.2 Å². The van der Waals surface area contributed by atoms with Gasteiger partial charge in [0.2, 0.25) is 0 Å². The minimum atomic E-state index is -0.143. The number of likely N-dealkylation sites (tertiary alicyclic amines) is 1. The van der Waals surface area contributed by atoms with Crippen LogP contribution in [-0.2, 0) is 0 Å². The first-order valence-electron chi connectivity index (χ1n) is 7.99. The molecule has 0 saturated carbocycles. The van der Waals surface area contributed by atoms with Crippen LogP contribution in [0.4, 0.5) is 10.5 Å². The fraction of sp³-hybridized carbons (Fsp3) is 0.438. The van der Waals surface area contributed by atoms with Crippen LogP contribution in [0.2, 0.25) is 5.02 Å². The monoisotopic (exact) mass is 349 g/mol. The number of amides is 2. The van der Waals surface area contributed by atoms with Crippen molar-refractivity contribution >= 4 is 23.3 Å². The van der Waals surface area contributed by atoms with Crippen LogP contribution in [-0.4, -0.2) is 45.4 Å². The fourth-order valence-electron chi connectivity index (χ4n) is 2.81. The molecule has 0 bridgehead atoms. The third-order valence-corrected chi connectivity index (χ3v) is 4.28. The van der Waals surface area contributed by atoms with E-state index in [1.165, 1.54) is 6.33 Å². The van der Waals surface area contributed by atoms with E-state index >= 15 is 0 Å². The zero-order valence-electron chi connectivity index (χ0n) is 13.5. The third-order valence-electron chi connectivity index (χ3n) is 4.05. The van der Waals surface area contributed by atoms with Crippen LogP contribution in [0.25, 0.3) is 0 Å². The zero-order valence-corrected chi connectivity index (χ0v) is 14.2. The second kappa shape index (κ2) is 7.53. The highest BCUT2D eigenvalue weighted by molar-refractivity contribution is 6.31. The summed E-state index contributed by atoms with van der Waals surface area (Å²) in [6.07, 6.45) is 4.96. The molecule has 0 aliphatic carbocycles. The molecule has 8 heteroatoms. The Labute approximate surface area is 145 Å². The van der Waals surface area contributed by atoms with E-state index in [2.05, 4.69) is 15.4 Å². The summed E-state index contributed by atoms with van der Waals surface area (Å²) < 4.78 is 7.40. The van der Waals surface area contributed by atoms with Gasteiger partial charge in [-0.15, -0.1) is 0 Å². The molecule has 2 amide bonds.